The Morgan fingerprint density at radius 1 is 1.44 bits per heavy atom. The van der Waals surface area contributed by atoms with E-state index in [2.05, 4.69) is 12.2 Å². The van der Waals surface area contributed by atoms with E-state index in [-0.39, 0.29) is 6.23 Å². The Hall–Kier alpha value is -0.0800. The Labute approximate surface area is 56.3 Å². The van der Waals surface area contributed by atoms with Crippen molar-refractivity contribution in [1.29, 1.82) is 0 Å². The molecule has 0 aliphatic carbocycles. The monoisotopic (exact) mass is 129 g/mol. The van der Waals surface area contributed by atoms with Crippen molar-refractivity contribution in [1.82, 2.24) is 5.32 Å². The third-order valence-corrected chi connectivity index (χ3v) is 1.98. The maximum Gasteiger partial charge on any atom is 0.107 e. The van der Waals surface area contributed by atoms with E-state index in [1.807, 2.05) is 0 Å². The van der Waals surface area contributed by atoms with Gasteiger partial charge in [-0.05, 0) is 25.3 Å². The Morgan fingerprint density at radius 2 is 2.22 bits per heavy atom. The quantitative estimate of drug-likeness (QED) is 0.505. The summed E-state index contributed by atoms with van der Waals surface area (Å²) in [4.78, 5) is 0. The van der Waals surface area contributed by atoms with E-state index in [0.717, 1.165) is 13.0 Å². The Morgan fingerprint density at radius 3 is 3.00 bits per heavy atom. The van der Waals surface area contributed by atoms with Gasteiger partial charge < -0.3 is 5.11 Å². The highest BCUT2D eigenvalue weighted by Gasteiger charge is 2.15. The number of hydrogen-bond acceptors (Lipinski definition) is 2. The molecule has 0 radical (unpaired) electrons. The second kappa shape index (κ2) is 3.18. The van der Waals surface area contributed by atoms with Crippen LogP contribution >= 0.6 is 0 Å². The van der Waals surface area contributed by atoms with Crippen molar-refractivity contribution in [2.75, 3.05) is 6.54 Å². The molecule has 0 saturated carbocycles. The van der Waals surface area contributed by atoms with Gasteiger partial charge in [-0.25, -0.2) is 0 Å². The Kier molecular flexibility index (Phi) is 2.49. The van der Waals surface area contributed by atoms with E-state index in [1.54, 1.807) is 0 Å². The molecule has 2 nitrogen and oxygen atoms in total. The summed E-state index contributed by atoms with van der Waals surface area (Å²) in [6.45, 7) is 3.06. The fourth-order valence-electron chi connectivity index (χ4n) is 1.20. The zero-order chi connectivity index (χ0) is 6.69. The van der Waals surface area contributed by atoms with E-state index >= 15 is 0 Å². The molecule has 54 valence electrons. The number of hydrogen-bond donors (Lipinski definition) is 2. The van der Waals surface area contributed by atoms with Gasteiger partial charge in [-0.3, -0.25) is 5.32 Å². The van der Waals surface area contributed by atoms with Gasteiger partial charge in [-0.1, -0.05) is 13.3 Å². The lowest BCUT2D eigenvalue weighted by atomic mass is 10.1. The molecule has 0 aromatic heterocycles. The van der Waals surface area contributed by atoms with Crippen LogP contribution in [0.15, 0.2) is 0 Å². The first kappa shape index (κ1) is 7.03. The van der Waals surface area contributed by atoms with Crippen molar-refractivity contribution in [2.45, 2.75) is 32.4 Å². The van der Waals surface area contributed by atoms with Gasteiger partial charge in [0.1, 0.15) is 6.23 Å². The minimum Gasteiger partial charge on any atom is -0.378 e. The van der Waals surface area contributed by atoms with Crippen LogP contribution in [0, 0.1) is 5.92 Å². The van der Waals surface area contributed by atoms with Crippen LogP contribution in [-0.4, -0.2) is 17.9 Å². The second-order valence-corrected chi connectivity index (χ2v) is 2.87. The standard InChI is InChI=1S/C7H15NO/c1-6-4-2-3-5-8-7(6)9/h6-9H,2-5H2,1H3/t6-,7?/m0/s1. The number of nitrogens with one attached hydrogen (secondary N) is 1. The van der Waals surface area contributed by atoms with Gasteiger partial charge >= 0.3 is 0 Å². The fourth-order valence-corrected chi connectivity index (χ4v) is 1.20. The molecule has 1 saturated heterocycles. The summed E-state index contributed by atoms with van der Waals surface area (Å²) in [6, 6.07) is 0. The maximum absolute atomic E-state index is 9.25. The molecule has 2 N–H and O–H groups in total. The van der Waals surface area contributed by atoms with Gasteiger partial charge in [0.25, 0.3) is 0 Å². The molecular formula is C7H15NO. The topological polar surface area (TPSA) is 32.3 Å². The third-order valence-electron chi connectivity index (χ3n) is 1.98. The largest absolute Gasteiger partial charge is 0.378 e. The minimum atomic E-state index is -0.257. The maximum atomic E-state index is 9.25. The molecule has 1 rings (SSSR count). The summed E-state index contributed by atoms with van der Waals surface area (Å²) in [6.07, 6.45) is 3.37. The molecule has 1 heterocycles. The molecule has 9 heavy (non-hydrogen) atoms. The number of aliphatic hydroxyl groups excluding tert-OH is 1. The molecule has 0 bridgehead atoms. The fraction of sp³-hybridized carbons (Fsp3) is 1.00. The zero-order valence-electron chi connectivity index (χ0n) is 5.93. The average Bonchev–Trinajstić information content (AvgIpc) is 1.99. The van der Waals surface area contributed by atoms with Crippen LogP contribution in [0.5, 0.6) is 0 Å². The van der Waals surface area contributed by atoms with Crippen molar-refractivity contribution < 1.29 is 5.11 Å². The SMILES string of the molecule is C[C@H]1CCCCNC1O. The number of rotatable bonds is 0. The Bertz CT molecular complexity index is 75.0. The van der Waals surface area contributed by atoms with Gasteiger partial charge in [0, 0.05) is 0 Å². The summed E-state index contributed by atoms with van der Waals surface area (Å²) in [7, 11) is 0. The van der Waals surface area contributed by atoms with Crippen LogP contribution in [0.3, 0.4) is 0 Å². The predicted molar refractivity (Wildman–Crippen MR) is 37.0 cm³/mol. The lowest BCUT2D eigenvalue weighted by Crippen LogP contribution is -2.32. The zero-order valence-corrected chi connectivity index (χ0v) is 5.93. The average molecular weight is 129 g/mol. The van der Waals surface area contributed by atoms with Crippen molar-refractivity contribution in [3.05, 3.63) is 0 Å². The summed E-state index contributed by atoms with van der Waals surface area (Å²) in [5.74, 6) is 0.437. The molecule has 1 aliphatic heterocycles. The van der Waals surface area contributed by atoms with Crippen LogP contribution in [-0.2, 0) is 0 Å². The van der Waals surface area contributed by atoms with Crippen molar-refractivity contribution in [3.63, 3.8) is 0 Å². The van der Waals surface area contributed by atoms with E-state index < -0.39 is 0 Å². The van der Waals surface area contributed by atoms with Gasteiger partial charge in [0.05, 0.1) is 0 Å². The molecule has 0 aromatic carbocycles. The lowest BCUT2D eigenvalue weighted by molar-refractivity contribution is 0.0880. The molecule has 2 atom stereocenters. The van der Waals surface area contributed by atoms with Gasteiger partial charge in [-0.2, -0.15) is 0 Å². The van der Waals surface area contributed by atoms with Crippen LogP contribution in [0.2, 0.25) is 0 Å². The first-order valence-corrected chi connectivity index (χ1v) is 3.72. The summed E-state index contributed by atoms with van der Waals surface area (Å²) < 4.78 is 0. The van der Waals surface area contributed by atoms with Crippen LogP contribution in [0.4, 0.5) is 0 Å². The predicted octanol–water partition coefficient (Wildman–Crippen LogP) is 0.714. The second-order valence-electron chi connectivity index (χ2n) is 2.87. The molecule has 1 unspecified atom stereocenters. The van der Waals surface area contributed by atoms with Crippen LogP contribution in [0.1, 0.15) is 26.2 Å². The summed E-state index contributed by atoms with van der Waals surface area (Å²) in [5.41, 5.74) is 0. The van der Waals surface area contributed by atoms with E-state index in [0.29, 0.717) is 5.92 Å². The molecule has 0 amide bonds. The van der Waals surface area contributed by atoms with E-state index in [9.17, 15) is 5.11 Å². The van der Waals surface area contributed by atoms with Crippen LogP contribution < -0.4 is 5.32 Å². The van der Waals surface area contributed by atoms with Gasteiger partial charge in [-0.15, -0.1) is 0 Å². The third kappa shape index (κ3) is 1.95. The lowest BCUT2D eigenvalue weighted by Gasteiger charge is -2.14. The molecule has 0 spiro atoms. The molecule has 0 aromatic rings. The smallest absolute Gasteiger partial charge is 0.107 e. The Balaban J connectivity index is 2.32. The normalized spacial score (nSPS) is 38.0. The summed E-state index contributed by atoms with van der Waals surface area (Å²) in [5, 5.41) is 12.3. The van der Waals surface area contributed by atoms with Gasteiger partial charge in [0.2, 0.25) is 0 Å². The molecule has 1 aliphatic rings. The highest BCUT2D eigenvalue weighted by atomic mass is 16.3. The first-order valence-electron chi connectivity index (χ1n) is 3.72. The first-order chi connectivity index (χ1) is 4.30. The molecule has 2 heteroatoms. The van der Waals surface area contributed by atoms with Crippen molar-refractivity contribution in [2.24, 2.45) is 5.92 Å². The van der Waals surface area contributed by atoms with Crippen LogP contribution in [0.25, 0.3) is 0 Å². The number of aliphatic hydroxyl groups is 1. The van der Waals surface area contributed by atoms with Gasteiger partial charge in [0.15, 0.2) is 0 Å². The van der Waals surface area contributed by atoms with E-state index in [4.69, 9.17) is 0 Å². The minimum absolute atomic E-state index is 0.257. The molecular weight excluding hydrogens is 114 g/mol. The van der Waals surface area contributed by atoms with E-state index in [1.165, 1.54) is 12.8 Å². The van der Waals surface area contributed by atoms with Crippen molar-refractivity contribution >= 4 is 0 Å². The molecule has 1 fully saturated rings. The summed E-state index contributed by atoms with van der Waals surface area (Å²) >= 11 is 0. The highest BCUT2D eigenvalue weighted by molar-refractivity contribution is 4.66. The highest BCUT2D eigenvalue weighted by Crippen LogP contribution is 2.13. The van der Waals surface area contributed by atoms with Crippen molar-refractivity contribution in [3.8, 4) is 0 Å².